The molecule has 0 radical (unpaired) electrons. The molecular formula is C10H8F2N4O. The Morgan fingerprint density at radius 2 is 2.12 bits per heavy atom. The van der Waals surface area contributed by atoms with E-state index in [1.807, 2.05) is 0 Å². The highest BCUT2D eigenvalue weighted by Gasteiger charge is 2.11. The van der Waals surface area contributed by atoms with Crippen molar-refractivity contribution in [2.75, 3.05) is 5.32 Å². The summed E-state index contributed by atoms with van der Waals surface area (Å²) in [5.41, 5.74) is 0.00639. The summed E-state index contributed by atoms with van der Waals surface area (Å²) in [4.78, 5) is 15.4. The molecule has 17 heavy (non-hydrogen) atoms. The summed E-state index contributed by atoms with van der Waals surface area (Å²) >= 11 is 0. The summed E-state index contributed by atoms with van der Waals surface area (Å²) in [5.74, 6) is -2.43. The van der Waals surface area contributed by atoms with E-state index in [1.54, 1.807) is 7.05 Å². The number of hydrogen-bond acceptors (Lipinski definition) is 3. The monoisotopic (exact) mass is 238 g/mol. The van der Waals surface area contributed by atoms with Gasteiger partial charge in [0.15, 0.2) is 11.6 Å². The number of carbonyl (C=O) groups is 1. The zero-order valence-corrected chi connectivity index (χ0v) is 8.82. The molecule has 1 N–H and O–H groups in total. The summed E-state index contributed by atoms with van der Waals surface area (Å²) in [5, 5.41) is 6.17. The molecule has 0 bridgehead atoms. The first kappa shape index (κ1) is 11.2. The van der Waals surface area contributed by atoms with Crippen molar-refractivity contribution in [1.29, 1.82) is 0 Å². The first-order chi connectivity index (χ1) is 8.08. The Hall–Kier alpha value is -2.31. The molecule has 1 amide bonds. The third-order valence-electron chi connectivity index (χ3n) is 2.12. The molecule has 0 unspecified atom stereocenters. The van der Waals surface area contributed by atoms with Gasteiger partial charge in [-0.15, -0.1) is 0 Å². The molecule has 5 nitrogen and oxygen atoms in total. The molecule has 1 heterocycles. The van der Waals surface area contributed by atoms with Crippen LogP contribution in [-0.4, -0.2) is 20.7 Å². The number of nitrogens with zero attached hydrogens (tertiary/aromatic N) is 3. The van der Waals surface area contributed by atoms with Gasteiger partial charge in [-0.25, -0.2) is 13.5 Å². The Morgan fingerprint density at radius 1 is 1.35 bits per heavy atom. The van der Waals surface area contributed by atoms with Crippen molar-refractivity contribution in [1.82, 2.24) is 14.8 Å². The SMILES string of the molecule is Cn1ncnc1NC(=O)c1ccc(F)c(F)c1. The van der Waals surface area contributed by atoms with Crippen LogP contribution in [0.1, 0.15) is 10.4 Å². The van der Waals surface area contributed by atoms with Gasteiger partial charge in [0.1, 0.15) is 6.33 Å². The fourth-order valence-electron chi connectivity index (χ4n) is 1.22. The minimum atomic E-state index is -1.07. The van der Waals surface area contributed by atoms with E-state index in [9.17, 15) is 13.6 Å². The minimum Gasteiger partial charge on any atom is -0.291 e. The fourth-order valence-corrected chi connectivity index (χ4v) is 1.22. The topological polar surface area (TPSA) is 59.8 Å². The van der Waals surface area contributed by atoms with Crippen LogP contribution < -0.4 is 5.32 Å². The molecule has 1 aromatic carbocycles. The molecule has 0 atom stereocenters. The number of halogens is 2. The molecule has 1 aromatic heterocycles. The lowest BCUT2D eigenvalue weighted by atomic mass is 10.2. The zero-order valence-electron chi connectivity index (χ0n) is 8.82. The maximum absolute atomic E-state index is 12.9. The average molecular weight is 238 g/mol. The van der Waals surface area contributed by atoms with Crippen molar-refractivity contribution in [3.05, 3.63) is 41.7 Å². The predicted octanol–water partition coefficient (Wildman–Crippen LogP) is 1.35. The lowest BCUT2D eigenvalue weighted by Crippen LogP contribution is -2.15. The van der Waals surface area contributed by atoms with E-state index in [4.69, 9.17) is 0 Å². The summed E-state index contributed by atoms with van der Waals surface area (Å²) in [6.45, 7) is 0. The second-order valence-electron chi connectivity index (χ2n) is 3.29. The summed E-state index contributed by atoms with van der Waals surface area (Å²) in [7, 11) is 1.59. The van der Waals surface area contributed by atoms with Gasteiger partial charge < -0.3 is 0 Å². The molecule has 0 fully saturated rings. The lowest BCUT2D eigenvalue weighted by Gasteiger charge is -2.04. The molecule has 7 heteroatoms. The molecule has 0 aliphatic heterocycles. The molecule has 0 aliphatic rings. The van der Waals surface area contributed by atoms with Crippen molar-refractivity contribution in [2.24, 2.45) is 7.05 Å². The van der Waals surface area contributed by atoms with Gasteiger partial charge in [0.2, 0.25) is 5.95 Å². The van der Waals surface area contributed by atoms with Crippen LogP contribution in [0, 0.1) is 11.6 Å². The first-order valence-electron chi connectivity index (χ1n) is 4.68. The van der Waals surface area contributed by atoms with Gasteiger partial charge in [0, 0.05) is 12.6 Å². The lowest BCUT2D eigenvalue weighted by molar-refractivity contribution is 0.102. The minimum absolute atomic E-state index is 0.00639. The molecule has 0 saturated carbocycles. The molecule has 0 spiro atoms. The first-order valence-corrected chi connectivity index (χ1v) is 4.68. The number of anilines is 1. The van der Waals surface area contributed by atoms with Crippen LogP contribution in [0.5, 0.6) is 0 Å². The maximum atomic E-state index is 12.9. The summed E-state index contributed by atoms with van der Waals surface area (Å²) < 4.78 is 26.9. The third kappa shape index (κ3) is 2.27. The van der Waals surface area contributed by atoms with Crippen LogP contribution in [0.2, 0.25) is 0 Å². The number of aryl methyl sites for hydroxylation is 1. The van der Waals surface area contributed by atoms with E-state index in [0.29, 0.717) is 0 Å². The van der Waals surface area contributed by atoms with Crippen molar-refractivity contribution < 1.29 is 13.6 Å². The number of aromatic nitrogens is 3. The average Bonchev–Trinajstić information content (AvgIpc) is 2.68. The van der Waals surface area contributed by atoms with E-state index in [2.05, 4.69) is 15.4 Å². The van der Waals surface area contributed by atoms with Crippen LogP contribution in [-0.2, 0) is 7.05 Å². The van der Waals surface area contributed by atoms with E-state index >= 15 is 0 Å². The Balaban J connectivity index is 2.20. The van der Waals surface area contributed by atoms with E-state index in [0.717, 1.165) is 12.1 Å². The Kier molecular flexibility index (Phi) is 2.82. The zero-order chi connectivity index (χ0) is 12.4. The number of hydrogen-bond donors (Lipinski definition) is 1. The maximum Gasteiger partial charge on any atom is 0.258 e. The predicted molar refractivity (Wildman–Crippen MR) is 55.3 cm³/mol. The van der Waals surface area contributed by atoms with Gasteiger partial charge in [-0.1, -0.05) is 0 Å². The summed E-state index contributed by atoms with van der Waals surface area (Å²) in [6, 6.07) is 2.89. The smallest absolute Gasteiger partial charge is 0.258 e. The van der Waals surface area contributed by atoms with Gasteiger partial charge in [-0.2, -0.15) is 10.1 Å². The standard InChI is InChI=1S/C10H8F2N4O/c1-16-10(13-5-14-16)15-9(17)6-2-3-7(11)8(12)4-6/h2-5H,1H3,(H,13,14,15,17). The van der Waals surface area contributed by atoms with Crippen LogP contribution in [0.4, 0.5) is 14.7 Å². The number of benzene rings is 1. The molecule has 88 valence electrons. The van der Waals surface area contributed by atoms with Gasteiger partial charge >= 0.3 is 0 Å². The third-order valence-corrected chi connectivity index (χ3v) is 2.12. The Labute approximate surface area is 95.1 Å². The molecular weight excluding hydrogens is 230 g/mol. The van der Waals surface area contributed by atoms with Gasteiger partial charge in [-0.3, -0.25) is 10.1 Å². The molecule has 0 saturated heterocycles. The van der Waals surface area contributed by atoms with Crippen molar-refractivity contribution in [3.8, 4) is 0 Å². The van der Waals surface area contributed by atoms with E-state index in [-0.39, 0.29) is 11.5 Å². The fraction of sp³-hybridized carbons (Fsp3) is 0.100. The van der Waals surface area contributed by atoms with Crippen molar-refractivity contribution in [3.63, 3.8) is 0 Å². The van der Waals surface area contributed by atoms with Crippen LogP contribution >= 0.6 is 0 Å². The molecule has 0 aliphatic carbocycles. The van der Waals surface area contributed by atoms with Crippen LogP contribution in [0.3, 0.4) is 0 Å². The number of amides is 1. The highest BCUT2D eigenvalue weighted by atomic mass is 19.2. The van der Waals surface area contributed by atoms with Crippen LogP contribution in [0.15, 0.2) is 24.5 Å². The van der Waals surface area contributed by atoms with Gasteiger partial charge in [0.05, 0.1) is 0 Å². The van der Waals surface area contributed by atoms with E-state index < -0.39 is 17.5 Å². The second kappa shape index (κ2) is 4.28. The highest BCUT2D eigenvalue weighted by molar-refractivity contribution is 6.03. The summed E-state index contributed by atoms with van der Waals surface area (Å²) in [6.07, 6.45) is 1.26. The quantitative estimate of drug-likeness (QED) is 0.859. The number of nitrogens with one attached hydrogen (secondary N) is 1. The van der Waals surface area contributed by atoms with Crippen molar-refractivity contribution in [2.45, 2.75) is 0 Å². The highest BCUT2D eigenvalue weighted by Crippen LogP contribution is 2.10. The molecule has 2 rings (SSSR count). The van der Waals surface area contributed by atoms with Gasteiger partial charge in [-0.05, 0) is 18.2 Å². The molecule has 2 aromatic rings. The van der Waals surface area contributed by atoms with Gasteiger partial charge in [0.25, 0.3) is 5.91 Å². The Morgan fingerprint density at radius 3 is 2.71 bits per heavy atom. The normalized spacial score (nSPS) is 10.3. The van der Waals surface area contributed by atoms with E-state index in [1.165, 1.54) is 17.1 Å². The van der Waals surface area contributed by atoms with Crippen LogP contribution in [0.25, 0.3) is 0 Å². The largest absolute Gasteiger partial charge is 0.291 e. The Bertz CT molecular complexity index is 567. The van der Waals surface area contributed by atoms with Crippen molar-refractivity contribution >= 4 is 11.9 Å². The second-order valence-corrected chi connectivity index (χ2v) is 3.29. The number of carbonyl (C=O) groups excluding carboxylic acids is 1. The number of rotatable bonds is 2.